The van der Waals surface area contributed by atoms with Crippen LogP contribution in [0, 0.1) is 0 Å². The first-order valence-corrected chi connectivity index (χ1v) is 5.60. The Balaban J connectivity index is 2.05. The van der Waals surface area contributed by atoms with Crippen LogP contribution in [-0.2, 0) is 0 Å². The normalized spacial score (nSPS) is 45.8. The molecule has 0 aliphatic carbocycles. The Kier molecular flexibility index (Phi) is 2.39. The average Bonchev–Trinajstić information content (AvgIpc) is 2.30. The SMILES string of the molecule is O[C@@H]1[C@@H](I)CN2CCCC[C@@H]12. The van der Waals surface area contributed by atoms with Crippen molar-refractivity contribution < 1.29 is 5.11 Å². The topological polar surface area (TPSA) is 23.5 Å². The number of piperidine rings is 1. The molecule has 2 aliphatic heterocycles. The third-order valence-electron chi connectivity index (χ3n) is 2.84. The van der Waals surface area contributed by atoms with Crippen molar-refractivity contribution >= 4 is 22.6 Å². The van der Waals surface area contributed by atoms with Crippen molar-refractivity contribution in [2.75, 3.05) is 13.1 Å². The molecule has 2 saturated heterocycles. The van der Waals surface area contributed by atoms with Gasteiger partial charge in [-0.3, -0.25) is 4.90 Å². The zero-order valence-corrected chi connectivity index (χ0v) is 8.70. The van der Waals surface area contributed by atoms with Gasteiger partial charge in [0.1, 0.15) is 0 Å². The second-order valence-electron chi connectivity index (χ2n) is 3.56. The molecule has 0 aromatic carbocycles. The van der Waals surface area contributed by atoms with Gasteiger partial charge in [-0.15, -0.1) is 0 Å². The van der Waals surface area contributed by atoms with Gasteiger partial charge in [-0.1, -0.05) is 29.0 Å². The third kappa shape index (κ3) is 1.42. The fourth-order valence-corrected chi connectivity index (χ4v) is 3.19. The van der Waals surface area contributed by atoms with Crippen LogP contribution in [0.25, 0.3) is 0 Å². The molecule has 64 valence electrons. The quantitative estimate of drug-likeness (QED) is 0.523. The molecule has 1 N–H and O–H groups in total. The van der Waals surface area contributed by atoms with Gasteiger partial charge in [-0.25, -0.2) is 0 Å². The first-order chi connectivity index (χ1) is 5.29. The van der Waals surface area contributed by atoms with E-state index in [-0.39, 0.29) is 6.10 Å². The second-order valence-corrected chi connectivity index (χ2v) is 5.16. The van der Waals surface area contributed by atoms with Crippen molar-refractivity contribution in [2.45, 2.75) is 35.3 Å². The Bertz CT molecular complexity index is 153. The van der Waals surface area contributed by atoms with Gasteiger partial charge in [-0.05, 0) is 19.4 Å². The van der Waals surface area contributed by atoms with Crippen molar-refractivity contribution in [2.24, 2.45) is 0 Å². The van der Waals surface area contributed by atoms with E-state index in [4.69, 9.17) is 0 Å². The standard InChI is InChI=1S/C8H14INO/c9-6-5-10-4-2-1-3-7(10)8(6)11/h6-8,11H,1-5H2/t6-,7-,8+/m0/s1. The number of hydrogen-bond donors (Lipinski definition) is 1. The van der Waals surface area contributed by atoms with Crippen molar-refractivity contribution in [3.63, 3.8) is 0 Å². The van der Waals surface area contributed by atoms with Crippen molar-refractivity contribution in [3.8, 4) is 0 Å². The molecule has 2 heterocycles. The molecule has 2 nitrogen and oxygen atoms in total. The Morgan fingerprint density at radius 3 is 2.91 bits per heavy atom. The maximum absolute atomic E-state index is 9.74. The summed E-state index contributed by atoms with van der Waals surface area (Å²) in [7, 11) is 0. The Labute approximate surface area is 81.1 Å². The second kappa shape index (κ2) is 3.18. The van der Waals surface area contributed by atoms with Crippen LogP contribution in [-0.4, -0.2) is 39.2 Å². The van der Waals surface area contributed by atoms with Crippen LogP contribution in [0.15, 0.2) is 0 Å². The lowest BCUT2D eigenvalue weighted by molar-refractivity contribution is 0.0937. The molecule has 2 rings (SSSR count). The largest absolute Gasteiger partial charge is 0.390 e. The molecule has 2 aliphatic rings. The average molecular weight is 267 g/mol. The number of alkyl halides is 1. The lowest BCUT2D eigenvalue weighted by Crippen LogP contribution is -2.39. The van der Waals surface area contributed by atoms with Crippen LogP contribution in [0.3, 0.4) is 0 Å². The van der Waals surface area contributed by atoms with Crippen molar-refractivity contribution in [3.05, 3.63) is 0 Å². The van der Waals surface area contributed by atoms with Crippen LogP contribution >= 0.6 is 22.6 Å². The van der Waals surface area contributed by atoms with Crippen LogP contribution in [0.1, 0.15) is 19.3 Å². The van der Waals surface area contributed by atoms with Gasteiger partial charge in [0.2, 0.25) is 0 Å². The Morgan fingerprint density at radius 2 is 2.18 bits per heavy atom. The molecule has 0 bridgehead atoms. The monoisotopic (exact) mass is 267 g/mol. The molecule has 2 fully saturated rings. The van der Waals surface area contributed by atoms with Gasteiger partial charge in [0.05, 0.1) is 10.0 Å². The number of aliphatic hydroxyl groups excluding tert-OH is 1. The number of fused-ring (bicyclic) bond motifs is 1. The molecular weight excluding hydrogens is 253 g/mol. The lowest BCUT2D eigenvalue weighted by Gasteiger charge is -2.30. The number of nitrogens with zero attached hydrogens (tertiary/aromatic N) is 1. The highest BCUT2D eigenvalue weighted by Gasteiger charge is 2.39. The van der Waals surface area contributed by atoms with Crippen LogP contribution in [0.5, 0.6) is 0 Å². The van der Waals surface area contributed by atoms with Gasteiger partial charge >= 0.3 is 0 Å². The fourth-order valence-electron chi connectivity index (χ4n) is 2.20. The molecule has 0 saturated carbocycles. The molecule has 0 unspecified atom stereocenters. The minimum atomic E-state index is -0.0594. The summed E-state index contributed by atoms with van der Waals surface area (Å²) >= 11 is 2.37. The summed E-state index contributed by atoms with van der Waals surface area (Å²) < 4.78 is 0.468. The molecule has 0 radical (unpaired) electrons. The van der Waals surface area contributed by atoms with Crippen LogP contribution < -0.4 is 0 Å². The summed E-state index contributed by atoms with van der Waals surface area (Å²) in [5.74, 6) is 0. The maximum Gasteiger partial charge on any atom is 0.0825 e. The van der Waals surface area contributed by atoms with Gasteiger partial charge < -0.3 is 5.11 Å². The van der Waals surface area contributed by atoms with Gasteiger partial charge in [-0.2, -0.15) is 0 Å². The first kappa shape index (κ1) is 8.26. The van der Waals surface area contributed by atoms with Gasteiger partial charge in [0.15, 0.2) is 0 Å². The van der Waals surface area contributed by atoms with Gasteiger partial charge in [0.25, 0.3) is 0 Å². The summed E-state index contributed by atoms with van der Waals surface area (Å²) in [5.41, 5.74) is 0. The van der Waals surface area contributed by atoms with E-state index in [9.17, 15) is 5.11 Å². The molecule has 3 atom stereocenters. The number of halogens is 1. The highest BCUT2D eigenvalue weighted by molar-refractivity contribution is 14.1. The van der Waals surface area contributed by atoms with E-state index in [0.29, 0.717) is 9.97 Å². The van der Waals surface area contributed by atoms with E-state index >= 15 is 0 Å². The van der Waals surface area contributed by atoms with Gasteiger partial charge in [0, 0.05) is 12.6 Å². The number of rotatable bonds is 0. The maximum atomic E-state index is 9.74. The predicted molar refractivity (Wildman–Crippen MR) is 53.0 cm³/mol. The van der Waals surface area contributed by atoms with E-state index in [1.54, 1.807) is 0 Å². The smallest absolute Gasteiger partial charge is 0.0825 e. The van der Waals surface area contributed by atoms with E-state index in [2.05, 4.69) is 27.5 Å². The van der Waals surface area contributed by atoms with Crippen molar-refractivity contribution in [1.29, 1.82) is 0 Å². The van der Waals surface area contributed by atoms with E-state index < -0.39 is 0 Å². The molecule has 3 heteroatoms. The highest BCUT2D eigenvalue weighted by atomic mass is 127. The zero-order valence-electron chi connectivity index (χ0n) is 6.54. The molecule has 0 aromatic heterocycles. The molecule has 0 spiro atoms. The molecule has 11 heavy (non-hydrogen) atoms. The Morgan fingerprint density at radius 1 is 1.36 bits per heavy atom. The molecular formula is C8H14INO. The summed E-state index contributed by atoms with van der Waals surface area (Å²) in [5, 5.41) is 9.74. The molecule has 0 aromatic rings. The summed E-state index contributed by atoms with van der Waals surface area (Å²) in [4.78, 5) is 2.45. The summed E-state index contributed by atoms with van der Waals surface area (Å²) in [6.07, 6.45) is 3.78. The van der Waals surface area contributed by atoms with E-state index in [1.807, 2.05) is 0 Å². The van der Waals surface area contributed by atoms with Crippen LogP contribution in [0.4, 0.5) is 0 Å². The zero-order chi connectivity index (χ0) is 7.84. The minimum absolute atomic E-state index is 0.0594. The lowest BCUT2D eigenvalue weighted by atomic mass is 10.0. The van der Waals surface area contributed by atoms with E-state index in [1.165, 1.54) is 25.8 Å². The number of hydrogen-bond acceptors (Lipinski definition) is 2. The van der Waals surface area contributed by atoms with Crippen molar-refractivity contribution in [1.82, 2.24) is 4.90 Å². The fraction of sp³-hybridized carbons (Fsp3) is 1.00. The Hall–Kier alpha value is 0.650. The minimum Gasteiger partial charge on any atom is -0.390 e. The predicted octanol–water partition coefficient (Wildman–Crippen LogP) is 1.02. The number of aliphatic hydroxyl groups is 1. The highest BCUT2D eigenvalue weighted by Crippen LogP contribution is 2.30. The summed E-state index contributed by atoms with van der Waals surface area (Å²) in [6.45, 7) is 2.31. The van der Waals surface area contributed by atoms with E-state index in [0.717, 1.165) is 6.54 Å². The molecule has 0 amide bonds. The summed E-state index contributed by atoms with van der Waals surface area (Å²) in [6, 6.07) is 0.491. The third-order valence-corrected chi connectivity index (χ3v) is 3.97. The van der Waals surface area contributed by atoms with Crippen LogP contribution in [0.2, 0.25) is 0 Å². The first-order valence-electron chi connectivity index (χ1n) is 4.35.